The van der Waals surface area contributed by atoms with E-state index in [2.05, 4.69) is 15.0 Å². The topological polar surface area (TPSA) is 106 Å². The maximum absolute atomic E-state index is 12.3. The minimum Gasteiger partial charge on any atom is -0.438 e. The Bertz CT molecular complexity index is 1030. The first-order valence-corrected chi connectivity index (χ1v) is 9.66. The molecular weight excluding hydrogens is 368 g/mol. The number of amides is 1. The Morgan fingerprint density at radius 1 is 1.11 bits per heavy atom. The number of carbonyl (C=O) groups is 1. The van der Waals surface area contributed by atoms with Crippen molar-refractivity contribution >= 4 is 21.6 Å². The fourth-order valence-electron chi connectivity index (χ4n) is 2.36. The molecule has 0 saturated carbocycles. The van der Waals surface area contributed by atoms with Crippen molar-refractivity contribution in [2.75, 3.05) is 5.32 Å². The van der Waals surface area contributed by atoms with E-state index in [1.165, 1.54) is 12.1 Å². The first kappa shape index (κ1) is 18.9. The summed E-state index contributed by atoms with van der Waals surface area (Å²) in [6.07, 6.45) is 5.15. The molecule has 142 valence electrons. The number of imidazole rings is 1. The van der Waals surface area contributed by atoms with Crippen LogP contribution in [0.5, 0.6) is 0 Å². The van der Waals surface area contributed by atoms with Crippen LogP contribution in [0.2, 0.25) is 0 Å². The van der Waals surface area contributed by atoms with Crippen molar-refractivity contribution in [2.45, 2.75) is 31.4 Å². The zero-order valence-corrected chi connectivity index (χ0v) is 15.9. The number of hydrogen-bond donors (Lipinski definition) is 2. The van der Waals surface area contributed by atoms with Gasteiger partial charge in [-0.15, -0.1) is 0 Å². The Morgan fingerprint density at radius 2 is 1.81 bits per heavy atom. The first-order valence-electron chi connectivity index (χ1n) is 8.18. The van der Waals surface area contributed by atoms with E-state index < -0.39 is 21.5 Å². The summed E-state index contributed by atoms with van der Waals surface area (Å²) < 4.78 is 34.0. The van der Waals surface area contributed by atoms with Crippen molar-refractivity contribution < 1.29 is 17.6 Å². The molecule has 8 nitrogen and oxygen atoms in total. The molecule has 0 spiro atoms. The fourth-order valence-corrected chi connectivity index (χ4v) is 3.71. The molecule has 9 heteroatoms. The second-order valence-electron chi connectivity index (χ2n) is 6.95. The van der Waals surface area contributed by atoms with E-state index in [0.717, 1.165) is 5.69 Å². The van der Waals surface area contributed by atoms with Gasteiger partial charge in [0, 0.05) is 29.3 Å². The van der Waals surface area contributed by atoms with Crippen molar-refractivity contribution in [3.63, 3.8) is 0 Å². The van der Waals surface area contributed by atoms with E-state index >= 15 is 0 Å². The van der Waals surface area contributed by atoms with Crippen LogP contribution in [0.25, 0.3) is 5.69 Å². The number of aromatic nitrogens is 2. The minimum absolute atomic E-state index is 0.0945. The highest BCUT2D eigenvalue weighted by Crippen LogP contribution is 2.18. The van der Waals surface area contributed by atoms with E-state index in [1.807, 2.05) is 22.9 Å². The van der Waals surface area contributed by atoms with Crippen molar-refractivity contribution in [1.29, 1.82) is 0 Å². The summed E-state index contributed by atoms with van der Waals surface area (Å²) in [4.78, 5) is 16.3. The third kappa shape index (κ3) is 4.63. The Morgan fingerprint density at radius 3 is 2.41 bits per heavy atom. The molecule has 2 N–H and O–H groups in total. The summed E-state index contributed by atoms with van der Waals surface area (Å²) in [6, 6.07) is 9.69. The zero-order chi connectivity index (χ0) is 19.7. The molecule has 1 aromatic carbocycles. The lowest BCUT2D eigenvalue weighted by atomic mass is 10.1. The smallest absolute Gasteiger partial charge is 0.291 e. The highest BCUT2D eigenvalue weighted by atomic mass is 32.2. The predicted octanol–water partition coefficient (Wildman–Crippen LogP) is 2.79. The number of benzene rings is 1. The standard InChI is InChI=1S/C18H20N4O4S/c1-18(2,3)21-27(24,25)16-9-8-15(26-16)17(23)20-13-4-6-14(7-5-13)22-11-10-19-12-22/h4-12,21H,1-3H3,(H,20,23). The normalized spacial score (nSPS) is 12.1. The van der Waals surface area contributed by atoms with E-state index in [9.17, 15) is 13.2 Å². The molecule has 0 atom stereocenters. The molecule has 0 aliphatic carbocycles. The van der Waals surface area contributed by atoms with Gasteiger partial charge in [-0.05, 0) is 57.2 Å². The van der Waals surface area contributed by atoms with Crippen LogP contribution in [-0.4, -0.2) is 29.4 Å². The van der Waals surface area contributed by atoms with Crippen LogP contribution in [0.3, 0.4) is 0 Å². The number of furan rings is 1. The van der Waals surface area contributed by atoms with Crippen LogP contribution < -0.4 is 10.0 Å². The SMILES string of the molecule is CC(C)(C)NS(=O)(=O)c1ccc(C(=O)Nc2ccc(-n3ccnc3)cc2)o1. The third-order valence-corrected chi connectivity index (χ3v) is 5.07. The van der Waals surface area contributed by atoms with Crippen molar-refractivity contribution in [3.8, 4) is 5.69 Å². The van der Waals surface area contributed by atoms with Gasteiger partial charge in [-0.3, -0.25) is 4.79 Å². The van der Waals surface area contributed by atoms with Gasteiger partial charge in [-0.2, -0.15) is 0 Å². The molecule has 2 aromatic heterocycles. The van der Waals surface area contributed by atoms with Gasteiger partial charge in [0.15, 0.2) is 5.76 Å². The molecule has 2 heterocycles. The van der Waals surface area contributed by atoms with Crippen LogP contribution in [0.4, 0.5) is 5.69 Å². The Kier molecular flexibility index (Phi) is 4.90. The lowest BCUT2D eigenvalue weighted by Gasteiger charge is -2.18. The number of carbonyl (C=O) groups excluding carboxylic acids is 1. The van der Waals surface area contributed by atoms with E-state index in [0.29, 0.717) is 5.69 Å². The molecule has 0 fully saturated rings. The van der Waals surface area contributed by atoms with Gasteiger partial charge >= 0.3 is 0 Å². The van der Waals surface area contributed by atoms with Crippen molar-refractivity contribution in [2.24, 2.45) is 0 Å². The average Bonchev–Trinajstić information content (AvgIpc) is 3.26. The average molecular weight is 388 g/mol. The molecule has 0 aliphatic heterocycles. The van der Waals surface area contributed by atoms with Crippen LogP contribution in [-0.2, 0) is 10.0 Å². The highest BCUT2D eigenvalue weighted by Gasteiger charge is 2.26. The van der Waals surface area contributed by atoms with Crippen molar-refractivity contribution in [3.05, 3.63) is 60.9 Å². The molecule has 0 aliphatic rings. The number of hydrogen-bond acceptors (Lipinski definition) is 5. The number of nitrogens with one attached hydrogen (secondary N) is 2. The van der Waals surface area contributed by atoms with E-state index in [-0.39, 0.29) is 10.9 Å². The van der Waals surface area contributed by atoms with Gasteiger partial charge in [-0.1, -0.05) is 0 Å². The van der Waals surface area contributed by atoms with Crippen LogP contribution in [0.15, 0.2) is 64.6 Å². The summed E-state index contributed by atoms with van der Waals surface area (Å²) in [6.45, 7) is 5.15. The molecule has 0 bridgehead atoms. The van der Waals surface area contributed by atoms with Crippen molar-refractivity contribution in [1.82, 2.24) is 14.3 Å². The van der Waals surface area contributed by atoms with Crippen LogP contribution in [0, 0.1) is 0 Å². The quantitative estimate of drug-likeness (QED) is 0.699. The van der Waals surface area contributed by atoms with Gasteiger partial charge in [0.25, 0.3) is 15.9 Å². The van der Waals surface area contributed by atoms with Gasteiger partial charge in [0.05, 0.1) is 6.33 Å². The summed E-state index contributed by atoms with van der Waals surface area (Å²) >= 11 is 0. The summed E-state index contributed by atoms with van der Waals surface area (Å²) in [5.41, 5.74) is 0.785. The summed E-state index contributed by atoms with van der Waals surface area (Å²) in [5.74, 6) is -0.634. The first-order chi connectivity index (χ1) is 12.6. The van der Waals surface area contributed by atoms with E-state index in [4.69, 9.17) is 4.42 Å². The molecule has 3 rings (SSSR count). The van der Waals surface area contributed by atoms with Gasteiger partial charge in [0.2, 0.25) is 5.09 Å². The summed E-state index contributed by atoms with van der Waals surface area (Å²) in [5, 5.41) is 2.36. The number of nitrogens with zero attached hydrogens (tertiary/aromatic N) is 2. The fraction of sp³-hybridized carbons (Fsp3) is 0.222. The summed E-state index contributed by atoms with van der Waals surface area (Å²) in [7, 11) is -3.84. The Balaban J connectivity index is 1.71. The van der Waals surface area contributed by atoms with Gasteiger partial charge in [0.1, 0.15) is 0 Å². The molecule has 0 unspecified atom stereocenters. The van der Waals surface area contributed by atoms with E-state index in [1.54, 1.807) is 45.4 Å². The van der Waals surface area contributed by atoms with Gasteiger partial charge in [-0.25, -0.2) is 18.1 Å². The number of rotatable bonds is 5. The highest BCUT2D eigenvalue weighted by molar-refractivity contribution is 7.89. The van der Waals surface area contributed by atoms with Crippen LogP contribution in [0.1, 0.15) is 31.3 Å². The Hall–Kier alpha value is -2.91. The zero-order valence-electron chi connectivity index (χ0n) is 15.1. The molecule has 0 radical (unpaired) electrons. The number of sulfonamides is 1. The maximum Gasteiger partial charge on any atom is 0.291 e. The number of anilines is 1. The molecule has 3 aromatic rings. The largest absolute Gasteiger partial charge is 0.438 e. The second kappa shape index (κ2) is 7.01. The predicted molar refractivity (Wildman–Crippen MR) is 100 cm³/mol. The lowest BCUT2D eigenvalue weighted by molar-refractivity contribution is 0.0991. The lowest BCUT2D eigenvalue weighted by Crippen LogP contribution is -2.40. The monoisotopic (exact) mass is 388 g/mol. The molecular formula is C18H20N4O4S. The Labute approximate surface area is 157 Å². The van der Waals surface area contributed by atoms with Crippen LogP contribution >= 0.6 is 0 Å². The third-order valence-electron chi connectivity index (χ3n) is 3.44. The van der Waals surface area contributed by atoms with Gasteiger partial charge < -0.3 is 14.3 Å². The molecule has 27 heavy (non-hydrogen) atoms. The molecule has 0 saturated heterocycles. The second-order valence-corrected chi connectivity index (χ2v) is 8.56. The molecule has 1 amide bonds. The maximum atomic E-state index is 12.3. The minimum atomic E-state index is -3.84.